The Balaban J connectivity index is 1.80. The fraction of sp³-hybridized carbons (Fsp3) is 0.333. The normalized spacial score (nSPS) is 15.5. The topological polar surface area (TPSA) is 58.0 Å². The van der Waals surface area contributed by atoms with Gasteiger partial charge >= 0.3 is 0 Å². The maximum atomic E-state index is 5.96. The Labute approximate surface area is 144 Å². The zero-order chi connectivity index (χ0) is 16.4. The number of halogens is 1. The average molecular weight is 349 g/mol. The number of anilines is 1. The zero-order valence-corrected chi connectivity index (χ0v) is 14.7. The molecule has 0 bridgehead atoms. The van der Waals surface area contributed by atoms with Crippen molar-refractivity contribution in [2.45, 2.75) is 13.0 Å². The summed E-state index contributed by atoms with van der Waals surface area (Å²) >= 11 is 7.50. The summed E-state index contributed by atoms with van der Waals surface area (Å²) in [7, 11) is 3.87. The summed E-state index contributed by atoms with van der Waals surface area (Å²) in [6, 6.07) is 0.128. The lowest BCUT2D eigenvalue weighted by molar-refractivity contribution is 0.323. The van der Waals surface area contributed by atoms with Gasteiger partial charge in [-0.05, 0) is 19.1 Å². The van der Waals surface area contributed by atoms with E-state index in [-0.39, 0.29) is 6.04 Å². The van der Waals surface area contributed by atoms with Gasteiger partial charge in [0.25, 0.3) is 0 Å². The van der Waals surface area contributed by atoms with Crippen LogP contribution in [0.15, 0.2) is 35.8 Å². The molecule has 2 aromatic rings. The summed E-state index contributed by atoms with van der Waals surface area (Å²) < 4.78 is 0. The molecule has 1 aliphatic rings. The van der Waals surface area contributed by atoms with Gasteiger partial charge in [-0.15, -0.1) is 10.2 Å². The van der Waals surface area contributed by atoms with Crippen molar-refractivity contribution in [1.82, 2.24) is 25.1 Å². The highest BCUT2D eigenvalue weighted by molar-refractivity contribution is 7.14. The first-order valence-corrected chi connectivity index (χ1v) is 8.37. The van der Waals surface area contributed by atoms with Crippen molar-refractivity contribution in [2.75, 3.05) is 25.5 Å². The van der Waals surface area contributed by atoms with Crippen LogP contribution in [0, 0.1) is 0 Å². The van der Waals surface area contributed by atoms with Crippen LogP contribution in [0.3, 0.4) is 0 Å². The van der Waals surface area contributed by atoms with Crippen LogP contribution in [-0.2, 0) is 0 Å². The van der Waals surface area contributed by atoms with Gasteiger partial charge < -0.3 is 9.80 Å². The van der Waals surface area contributed by atoms with Gasteiger partial charge in [-0.25, -0.2) is 4.98 Å². The third kappa shape index (κ3) is 3.51. The summed E-state index contributed by atoms with van der Waals surface area (Å²) in [4.78, 5) is 12.9. The van der Waals surface area contributed by atoms with Gasteiger partial charge in [-0.1, -0.05) is 22.9 Å². The molecule has 3 rings (SSSR count). The van der Waals surface area contributed by atoms with E-state index in [9.17, 15) is 0 Å². The van der Waals surface area contributed by atoms with Crippen LogP contribution in [-0.4, -0.2) is 45.7 Å². The molecule has 0 aromatic carbocycles. The van der Waals surface area contributed by atoms with Crippen LogP contribution < -0.4 is 4.90 Å². The van der Waals surface area contributed by atoms with Crippen molar-refractivity contribution in [3.8, 4) is 10.7 Å². The van der Waals surface area contributed by atoms with Crippen LogP contribution >= 0.6 is 22.9 Å². The lowest BCUT2D eigenvalue weighted by atomic mass is 10.2. The lowest BCUT2D eigenvalue weighted by Crippen LogP contribution is -2.23. The molecule has 3 heterocycles. The van der Waals surface area contributed by atoms with Crippen LogP contribution in [0.4, 0.5) is 5.82 Å². The predicted octanol–water partition coefficient (Wildman–Crippen LogP) is 3.07. The maximum Gasteiger partial charge on any atom is 0.168 e. The molecule has 0 N–H and O–H groups in total. The third-order valence-electron chi connectivity index (χ3n) is 3.52. The van der Waals surface area contributed by atoms with E-state index in [1.807, 2.05) is 37.3 Å². The molecule has 6 nitrogen and oxygen atoms in total. The standard InChI is InChI=1S/C15H17ClN6S/c1-10(22-6-4-11(16)5-7-22)14-19-20-15(23-14)12-8-17-9-13(18-12)21(2)3/h4-6,8-10H,7H2,1-3H3. The quantitative estimate of drug-likeness (QED) is 0.846. The minimum atomic E-state index is 0.128. The highest BCUT2D eigenvalue weighted by Gasteiger charge is 2.19. The van der Waals surface area contributed by atoms with Gasteiger partial charge in [0.05, 0.1) is 18.4 Å². The number of rotatable bonds is 4. The van der Waals surface area contributed by atoms with Crippen LogP contribution in [0.2, 0.25) is 0 Å². The highest BCUT2D eigenvalue weighted by atomic mass is 35.5. The van der Waals surface area contributed by atoms with Gasteiger partial charge in [0.1, 0.15) is 16.5 Å². The highest BCUT2D eigenvalue weighted by Crippen LogP contribution is 2.30. The second kappa shape index (κ2) is 6.64. The van der Waals surface area contributed by atoms with E-state index in [0.29, 0.717) is 0 Å². The smallest absolute Gasteiger partial charge is 0.168 e. The second-order valence-corrected chi connectivity index (χ2v) is 6.83. The molecule has 1 atom stereocenters. The first-order chi connectivity index (χ1) is 11.0. The molecule has 0 aliphatic carbocycles. The van der Waals surface area contributed by atoms with Gasteiger partial charge in [0, 0.05) is 31.9 Å². The van der Waals surface area contributed by atoms with Crippen molar-refractivity contribution in [3.05, 3.63) is 40.8 Å². The number of aromatic nitrogens is 4. The molecule has 1 unspecified atom stereocenters. The van der Waals surface area contributed by atoms with Gasteiger partial charge in [0.15, 0.2) is 5.01 Å². The van der Waals surface area contributed by atoms with E-state index >= 15 is 0 Å². The molecule has 120 valence electrons. The molecule has 1 aliphatic heterocycles. The largest absolute Gasteiger partial charge is 0.364 e. The number of hydrogen-bond acceptors (Lipinski definition) is 7. The predicted molar refractivity (Wildman–Crippen MR) is 93.5 cm³/mol. The van der Waals surface area contributed by atoms with Crippen molar-refractivity contribution < 1.29 is 0 Å². The molecular weight excluding hydrogens is 332 g/mol. The fourth-order valence-corrected chi connectivity index (χ4v) is 3.09. The van der Waals surface area contributed by atoms with Crippen molar-refractivity contribution in [3.63, 3.8) is 0 Å². The molecule has 0 radical (unpaired) electrons. The Hall–Kier alpha value is -1.99. The zero-order valence-electron chi connectivity index (χ0n) is 13.1. The monoisotopic (exact) mass is 348 g/mol. The van der Waals surface area contributed by atoms with E-state index in [1.54, 1.807) is 12.4 Å². The molecule has 0 spiro atoms. The van der Waals surface area contributed by atoms with E-state index < -0.39 is 0 Å². The van der Waals surface area contributed by atoms with Crippen LogP contribution in [0.25, 0.3) is 10.7 Å². The van der Waals surface area contributed by atoms with Gasteiger partial charge in [0.2, 0.25) is 0 Å². The average Bonchev–Trinajstić information content (AvgIpc) is 3.05. The Morgan fingerprint density at radius 2 is 2.13 bits per heavy atom. The minimum absolute atomic E-state index is 0.128. The summed E-state index contributed by atoms with van der Waals surface area (Å²) in [5, 5.41) is 11.1. The summed E-state index contributed by atoms with van der Waals surface area (Å²) in [6.07, 6.45) is 9.29. The molecule has 23 heavy (non-hydrogen) atoms. The summed E-state index contributed by atoms with van der Waals surface area (Å²) in [6.45, 7) is 2.87. The summed E-state index contributed by atoms with van der Waals surface area (Å²) in [5.41, 5.74) is 0.740. The van der Waals surface area contributed by atoms with E-state index in [2.05, 4.69) is 32.0 Å². The Kier molecular flexibility index (Phi) is 4.58. The fourth-order valence-electron chi connectivity index (χ4n) is 2.10. The Morgan fingerprint density at radius 3 is 2.83 bits per heavy atom. The second-order valence-electron chi connectivity index (χ2n) is 5.38. The molecule has 8 heteroatoms. The minimum Gasteiger partial charge on any atom is -0.364 e. The van der Waals surface area contributed by atoms with Gasteiger partial charge in [-0.2, -0.15) is 0 Å². The van der Waals surface area contributed by atoms with Crippen LogP contribution in [0.5, 0.6) is 0 Å². The lowest BCUT2D eigenvalue weighted by Gasteiger charge is -2.26. The number of nitrogens with zero attached hydrogens (tertiary/aromatic N) is 6. The van der Waals surface area contributed by atoms with Gasteiger partial charge in [-0.3, -0.25) is 4.98 Å². The van der Waals surface area contributed by atoms with E-state index in [4.69, 9.17) is 11.6 Å². The van der Waals surface area contributed by atoms with E-state index in [0.717, 1.165) is 33.1 Å². The number of allylic oxidation sites excluding steroid dienone is 2. The SMILES string of the molecule is CC(c1nnc(-c2cncc(N(C)C)n2)s1)N1C=CC(Cl)=CC1. The van der Waals surface area contributed by atoms with Crippen molar-refractivity contribution in [1.29, 1.82) is 0 Å². The third-order valence-corrected chi connectivity index (χ3v) is 4.91. The first-order valence-electron chi connectivity index (χ1n) is 7.17. The Morgan fingerprint density at radius 1 is 1.30 bits per heavy atom. The van der Waals surface area contributed by atoms with Crippen LogP contribution in [0.1, 0.15) is 18.0 Å². The maximum absolute atomic E-state index is 5.96. The Bertz CT molecular complexity index is 754. The molecule has 0 fully saturated rings. The number of hydrogen-bond donors (Lipinski definition) is 0. The van der Waals surface area contributed by atoms with E-state index in [1.165, 1.54) is 11.3 Å². The first kappa shape index (κ1) is 15.9. The van der Waals surface area contributed by atoms with Crippen molar-refractivity contribution in [2.24, 2.45) is 0 Å². The molecule has 0 saturated carbocycles. The molecule has 0 amide bonds. The molecular formula is C15H17ClN6S. The molecule has 0 saturated heterocycles. The summed E-state index contributed by atoms with van der Waals surface area (Å²) in [5.74, 6) is 0.797. The molecule has 2 aromatic heterocycles. The van der Waals surface area contributed by atoms with Crippen molar-refractivity contribution >= 4 is 28.8 Å².